The first-order valence-electron chi connectivity index (χ1n) is 7.32. The highest BCUT2D eigenvalue weighted by molar-refractivity contribution is 5.89. The van der Waals surface area contributed by atoms with Crippen molar-refractivity contribution in [3.63, 3.8) is 0 Å². The predicted molar refractivity (Wildman–Crippen MR) is 82.2 cm³/mol. The molecule has 2 heterocycles. The van der Waals surface area contributed by atoms with Crippen LogP contribution in [0.5, 0.6) is 0 Å². The zero-order valence-corrected chi connectivity index (χ0v) is 13.6. The van der Waals surface area contributed by atoms with Crippen LogP contribution in [0.25, 0.3) is 5.78 Å². The molecule has 2 amide bonds. The van der Waals surface area contributed by atoms with Gasteiger partial charge in [0.1, 0.15) is 0 Å². The lowest BCUT2D eigenvalue weighted by atomic mass is 10.4. The van der Waals surface area contributed by atoms with Crippen LogP contribution in [0.3, 0.4) is 0 Å². The van der Waals surface area contributed by atoms with Crippen LogP contribution in [0, 0.1) is 13.8 Å². The largest absolute Gasteiger partial charge is 0.450 e. The highest BCUT2D eigenvalue weighted by Crippen LogP contribution is 2.06. The summed E-state index contributed by atoms with van der Waals surface area (Å²) >= 11 is 0. The van der Waals surface area contributed by atoms with Gasteiger partial charge >= 0.3 is 5.97 Å². The van der Waals surface area contributed by atoms with Gasteiger partial charge in [0.05, 0.1) is 6.54 Å². The molecule has 0 atom stereocenters. The molecule has 2 N–H and O–H groups in total. The summed E-state index contributed by atoms with van der Waals surface area (Å²) in [5, 5.41) is 8.86. The van der Waals surface area contributed by atoms with E-state index >= 15 is 0 Å². The Balaban J connectivity index is 1.92. The Morgan fingerprint density at radius 3 is 2.62 bits per heavy atom. The van der Waals surface area contributed by atoms with Gasteiger partial charge in [-0.1, -0.05) is 0 Å². The van der Waals surface area contributed by atoms with E-state index in [0.717, 1.165) is 11.4 Å². The van der Waals surface area contributed by atoms with E-state index < -0.39 is 18.5 Å². The molecule has 0 radical (unpaired) electrons. The average molecular weight is 334 g/mol. The van der Waals surface area contributed by atoms with Gasteiger partial charge in [0.15, 0.2) is 6.61 Å². The van der Waals surface area contributed by atoms with E-state index in [1.165, 1.54) is 4.52 Å². The third-order valence-corrected chi connectivity index (χ3v) is 2.96. The molecule has 0 aliphatic heterocycles. The molecule has 0 aromatic carbocycles. The molecule has 0 saturated carbocycles. The van der Waals surface area contributed by atoms with Crippen molar-refractivity contribution in [2.75, 3.05) is 19.7 Å². The number of likely N-dealkylation sites (N-methyl/N-ethyl adjacent to an activating group) is 1. The zero-order chi connectivity index (χ0) is 17.7. The minimum Gasteiger partial charge on any atom is -0.450 e. The molecule has 0 aliphatic carbocycles. The molecular formula is C14H18N6O4. The molecule has 0 fully saturated rings. The number of esters is 1. The number of carbonyl (C=O) groups is 3. The molecule has 2 aromatic rings. The number of rotatable bonds is 6. The summed E-state index contributed by atoms with van der Waals surface area (Å²) in [5.41, 5.74) is 1.51. The Morgan fingerprint density at radius 2 is 1.92 bits per heavy atom. The van der Waals surface area contributed by atoms with Gasteiger partial charge in [-0.3, -0.25) is 9.59 Å². The van der Waals surface area contributed by atoms with Gasteiger partial charge in [0.25, 0.3) is 17.5 Å². The lowest BCUT2D eigenvalue weighted by molar-refractivity contribution is -0.127. The van der Waals surface area contributed by atoms with Crippen molar-refractivity contribution in [3.8, 4) is 0 Å². The lowest BCUT2D eigenvalue weighted by Gasteiger charge is -2.05. The number of aromatic nitrogens is 4. The van der Waals surface area contributed by atoms with Gasteiger partial charge in [0, 0.05) is 17.9 Å². The third-order valence-electron chi connectivity index (χ3n) is 2.96. The summed E-state index contributed by atoms with van der Waals surface area (Å²) in [7, 11) is 0. The molecule has 2 rings (SSSR count). The van der Waals surface area contributed by atoms with Crippen LogP contribution in [0.4, 0.5) is 0 Å². The first-order chi connectivity index (χ1) is 11.4. The molecule has 0 spiro atoms. The smallest absolute Gasteiger partial charge is 0.378 e. The maximum atomic E-state index is 11.9. The van der Waals surface area contributed by atoms with Gasteiger partial charge in [0.2, 0.25) is 5.91 Å². The number of fused-ring (bicyclic) bond motifs is 1. The van der Waals surface area contributed by atoms with E-state index in [1.54, 1.807) is 26.8 Å². The van der Waals surface area contributed by atoms with Gasteiger partial charge in [-0.25, -0.2) is 14.3 Å². The maximum absolute atomic E-state index is 11.9. The van der Waals surface area contributed by atoms with Gasteiger partial charge in [-0.2, -0.15) is 4.98 Å². The summed E-state index contributed by atoms with van der Waals surface area (Å²) < 4.78 is 6.25. The van der Waals surface area contributed by atoms with Crippen molar-refractivity contribution in [1.29, 1.82) is 0 Å². The number of carbonyl (C=O) groups excluding carboxylic acids is 3. The van der Waals surface area contributed by atoms with Crippen LogP contribution in [0.1, 0.15) is 28.9 Å². The molecule has 0 bridgehead atoms. The van der Waals surface area contributed by atoms with E-state index in [0.29, 0.717) is 6.54 Å². The maximum Gasteiger partial charge on any atom is 0.378 e. The molecule has 24 heavy (non-hydrogen) atoms. The molecular weight excluding hydrogens is 316 g/mol. The number of amides is 2. The van der Waals surface area contributed by atoms with E-state index in [2.05, 4.69) is 25.7 Å². The minimum absolute atomic E-state index is 0.181. The quantitative estimate of drug-likeness (QED) is 0.659. The standard InChI is InChI=1S/C14H18N6O4/c1-4-15-10(21)6-16-11(22)7-24-13(23)12-18-14-17-8(2)5-9(3)20(14)19-12/h5H,4,6-7H2,1-3H3,(H,15,21)(H,16,22). The molecule has 128 valence electrons. The van der Waals surface area contributed by atoms with E-state index in [4.69, 9.17) is 4.74 Å². The highest BCUT2D eigenvalue weighted by atomic mass is 16.5. The predicted octanol–water partition coefficient (Wildman–Crippen LogP) is -0.850. The van der Waals surface area contributed by atoms with Crippen molar-refractivity contribution in [2.45, 2.75) is 20.8 Å². The van der Waals surface area contributed by atoms with Gasteiger partial charge < -0.3 is 15.4 Å². The van der Waals surface area contributed by atoms with E-state index in [-0.39, 0.29) is 24.1 Å². The molecule has 2 aromatic heterocycles. The second-order valence-corrected chi connectivity index (χ2v) is 4.99. The fraction of sp³-hybridized carbons (Fsp3) is 0.429. The average Bonchev–Trinajstić information content (AvgIpc) is 2.95. The summed E-state index contributed by atoms with van der Waals surface area (Å²) in [6.45, 7) is 5.13. The van der Waals surface area contributed by atoms with Crippen LogP contribution >= 0.6 is 0 Å². The van der Waals surface area contributed by atoms with Crippen molar-refractivity contribution >= 4 is 23.6 Å². The Hall–Kier alpha value is -3.04. The van der Waals surface area contributed by atoms with Crippen molar-refractivity contribution in [1.82, 2.24) is 30.2 Å². The fourth-order valence-corrected chi connectivity index (χ4v) is 1.94. The summed E-state index contributed by atoms with van der Waals surface area (Å²) in [6, 6.07) is 1.80. The van der Waals surface area contributed by atoms with Crippen LogP contribution in [-0.4, -0.2) is 57.1 Å². The highest BCUT2D eigenvalue weighted by Gasteiger charge is 2.17. The summed E-state index contributed by atoms with van der Waals surface area (Å²) in [5.74, 6) is -1.67. The minimum atomic E-state index is -0.842. The molecule has 0 unspecified atom stereocenters. The number of aryl methyl sites for hydroxylation is 2. The molecule has 0 saturated heterocycles. The van der Waals surface area contributed by atoms with Crippen LogP contribution in [0.2, 0.25) is 0 Å². The van der Waals surface area contributed by atoms with Crippen LogP contribution in [0.15, 0.2) is 6.07 Å². The Kier molecular flexibility index (Phi) is 5.40. The fourth-order valence-electron chi connectivity index (χ4n) is 1.94. The number of nitrogens with zero attached hydrogens (tertiary/aromatic N) is 4. The summed E-state index contributed by atoms with van der Waals surface area (Å²) in [4.78, 5) is 42.8. The van der Waals surface area contributed by atoms with Crippen molar-refractivity contribution in [3.05, 3.63) is 23.3 Å². The number of ether oxygens (including phenoxy) is 1. The second-order valence-electron chi connectivity index (χ2n) is 4.99. The first-order valence-corrected chi connectivity index (χ1v) is 7.32. The zero-order valence-electron chi connectivity index (χ0n) is 13.6. The van der Waals surface area contributed by atoms with Crippen molar-refractivity contribution < 1.29 is 19.1 Å². The van der Waals surface area contributed by atoms with E-state index in [9.17, 15) is 14.4 Å². The number of nitrogens with one attached hydrogen (secondary N) is 2. The number of hydrogen-bond acceptors (Lipinski definition) is 7. The van der Waals surface area contributed by atoms with Gasteiger partial charge in [-0.05, 0) is 26.8 Å². The Labute approximate surface area is 137 Å². The Bertz CT molecular complexity index is 785. The summed E-state index contributed by atoms with van der Waals surface area (Å²) in [6.07, 6.45) is 0. The molecule has 10 nitrogen and oxygen atoms in total. The van der Waals surface area contributed by atoms with Crippen molar-refractivity contribution in [2.24, 2.45) is 0 Å². The molecule has 0 aliphatic rings. The topological polar surface area (TPSA) is 128 Å². The first kappa shape index (κ1) is 17.3. The van der Waals surface area contributed by atoms with Crippen LogP contribution in [-0.2, 0) is 14.3 Å². The monoisotopic (exact) mass is 334 g/mol. The molecule has 10 heteroatoms. The Morgan fingerprint density at radius 1 is 1.17 bits per heavy atom. The normalized spacial score (nSPS) is 10.5. The van der Waals surface area contributed by atoms with E-state index in [1.807, 2.05) is 0 Å². The third kappa shape index (κ3) is 4.24. The number of hydrogen-bond donors (Lipinski definition) is 2. The SMILES string of the molecule is CCNC(=O)CNC(=O)COC(=O)c1nc2nc(C)cc(C)n2n1. The van der Waals surface area contributed by atoms with Crippen LogP contribution < -0.4 is 10.6 Å². The second kappa shape index (κ2) is 7.49. The van der Waals surface area contributed by atoms with Gasteiger partial charge in [-0.15, -0.1) is 5.10 Å². The lowest BCUT2D eigenvalue weighted by Crippen LogP contribution is -2.38.